The molecule has 1 aromatic carbocycles. The van der Waals surface area contributed by atoms with Crippen LogP contribution in [-0.4, -0.2) is 37.0 Å². The van der Waals surface area contributed by atoms with Gasteiger partial charge in [0.15, 0.2) is 0 Å². The fourth-order valence-electron chi connectivity index (χ4n) is 2.88. The number of nitrogens with zero attached hydrogens (tertiary/aromatic N) is 1. The molecule has 1 amide bonds. The standard InChI is InChI=1S/C16H25N3O/c1-12-6-13(2)8-14(7-12)18-15(20)9-19-5-4-16(3,10-17)11-19/h6-8H,4-5,9-11,17H2,1-3H3,(H,18,20). The van der Waals surface area contributed by atoms with Crippen LogP contribution in [0.25, 0.3) is 0 Å². The summed E-state index contributed by atoms with van der Waals surface area (Å²) in [5.74, 6) is 0.0521. The second kappa shape index (κ2) is 5.94. The number of amides is 1. The van der Waals surface area contributed by atoms with Crippen LogP contribution >= 0.6 is 0 Å². The van der Waals surface area contributed by atoms with Crippen molar-refractivity contribution in [3.05, 3.63) is 29.3 Å². The van der Waals surface area contributed by atoms with Gasteiger partial charge in [-0.25, -0.2) is 0 Å². The molecule has 0 spiro atoms. The number of hydrogen-bond donors (Lipinski definition) is 2. The summed E-state index contributed by atoms with van der Waals surface area (Å²) >= 11 is 0. The van der Waals surface area contributed by atoms with Gasteiger partial charge in [-0.2, -0.15) is 0 Å². The Hall–Kier alpha value is -1.39. The molecule has 0 bridgehead atoms. The first kappa shape index (κ1) is 15.0. The molecule has 4 heteroatoms. The zero-order valence-electron chi connectivity index (χ0n) is 12.7. The number of aryl methyl sites for hydroxylation is 2. The van der Waals surface area contributed by atoms with E-state index in [1.807, 2.05) is 26.0 Å². The van der Waals surface area contributed by atoms with E-state index < -0.39 is 0 Å². The number of rotatable bonds is 4. The zero-order chi connectivity index (χ0) is 14.8. The molecule has 0 saturated carbocycles. The maximum Gasteiger partial charge on any atom is 0.238 e. The van der Waals surface area contributed by atoms with Crippen molar-refractivity contribution < 1.29 is 4.79 Å². The van der Waals surface area contributed by atoms with E-state index in [0.29, 0.717) is 13.1 Å². The van der Waals surface area contributed by atoms with Crippen LogP contribution in [0.4, 0.5) is 5.69 Å². The van der Waals surface area contributed by atoms with Crippen LogP contribution < -0.4 is 11.1 Å². The molecule has 0 aliphatic carbocycles. The fraction of sp³-hybridized carbons (Fsp3) is 0.562. The summed E-state index contributed by atoms with van der Waals surface area (Å²) in [5.41, 5.74) is 9.17. The SMILES string of the molecule is Cc1cc(C)cc(NC(=O)CN2CCC(C)(CN)C2)c1. The van der Waals surface area contributed by atoms with Crippen molar-refractivity contribution in [1.82, 2.24) is 4.90 Å². The minimum absolute atomic E-state index is 0.0521. The van der Waals surface area contributed by atoms with Crippen LogP contribution in [0.15, 0.2) is 18.2 Å². The topological polar surface area (TPSA) is 58.4 Å². The van der Waals surface area contributed by atoms with Gasteiger partial charge in [0.05, 0.1) is 6.54 Å². The Bertz CT molecular complexity index is 480. The number of carbonyl (C=O) groups excluding carboxylic acids is 1. The van der Waals surface area contributed by atoms with Gasteiger partial charge in [0.2, 0.25) is 5.91 Å². The Morgan fingerprint density at radius 3 is 2.55 bits per heavy atom. The van der Waals surface area contributed by atoms with Gasteiger partial charge < -0.3 is 11.1 Å². The van der Waals surface area contributed by atoms with E-state index in [1.54, 1.807) is 0 Å². The van der Waals surface area contributed by atoms with Crippen LogP contribution in [0.1, 0.15) is 24.5 Å². The van der Waals surface area contributed by atoms with Crippen molar-refractivity contribution in [1.29, 1.82) is 0 Å². The van der Waals surface area contributed by atoms with E-state index in [0.717, 1.165) is 36.3 Å². The van der Waals surface area contributed by atoms with E-state index >= 15 is 0 Å². The summed E-state index contributed by atoms with van der Waals surface area (Å²) in [6, 6.07) is 6.10. The number of anilines is 1. The molecule has 1 unspecified atom stereocenters. The molecule has 0 aromatic heterocycles. The fourth-order valence-corrected chi connectivity index (χ4v) is 2.88. The van der Waals surface area contributed by atoms with E-state index in [9.17, 15) is 4.79 Å². The maximum absolute atomic E-state index is 12.1. The number of hydrogen-bond acceptors (Lipinski definition) is 3. The molecule has 1 saturated heterocycles. The monoisotopic (exact) mass is 275 g/mol. The summed E-state index contributed by atoms with van der Waals surface area (Å²) in [5, 5.41) is 2.98. The first-order valence-electron chi connectivity index (χ1n) is 7.21. The first-order valence-corrected chi connectivity index (χ1v) is 7.21. The summed E-state index contributed by atoms with van der Waals surface area (Å²) in [4.78, 5) is 14.3. The Labute approximate surface area is 121 Å². The first-order chi connectivity index (χ1) is 9.40. The highest BCUT2D eigenvalue weighted by Crippen LogP contribution is 2.28. The predicted octanol–water partition coefficient (Wildman–Crippen LogP) is 1.91. The number of benzene rings is 1. The van der Waals surface area contributed by atoms with Crippen molar-refractivity contribution in [2.24, 2.45) is 11.1 Å². The quantitative estimate of drug-likeness (QED) is 0.882. The Morgan fingerprint density at radius 1 is 1.35 bits per heavy atom. The molecule has 20 heavy (non-hydrogen) atoms. The number of likely N-dealkylation sites (tertiary alicyclic amines) is 1. The summed E-state index contributed by atoms with van der Waals surface area (Å²) in [7, 11) is 0. The van der Waals surface area contributed by atoms with E-state index in [-0.39, 0.29) is 11.3 Å². The molecular weight excluding hydrogens is 250 g/mol. The van der Waals surface area contributed by atoms with Crippen molar-refractivity contribution in [3.8, 4) is 0 Å². The molecule has 1 fully saturated rings. The number of carbonyl (C=O) groups is 1. The summed E-state index contributed by atoms with van der Waals surface area (Å²) < 4.78 is 0. The molecule has 0 radical (unpaired) electrons. The van der Waals surface area contributed by atoms with E-state index in [1.165, 1.54) is 0 Å². The Balaban J connectivity index is 1.90. The van der Waals surface area contributed by atoms with Gasteiger partial charge in [-0.3, -0.25) is 9.69 Å². The summed E-state index contributed by atoms with van der Waals surface area (Å²) in [6.45, 7) is 9.25. The lowest BCUT2D eigenvalue weighted by Gasteiger charge is -2.22. The molecule has 110 valence electrons. The average Bonchev–Trinajstić information content (AvgIpc) is 2.70. The smallest absolute Gasteiger partial charge is 0.238 e. The largest absolute Gasteiger partial charge is 0.330 e. The van der Waals surface area contributed by atoms with Gasteiger partial charge in [0.1, 0.15) is 0 Å². The lowest BCUT2D eigenvalue weighted by Crippen LogP contribution is -2.35. The van der Waals surface area contributed by atoms with Gasteiger partial charge in [-0.1, -0.05) is 13.0 Å². The third-order valence-electron chi connectivity index (χ3n) is 4.00. The predicted molar refractivity (Wildman–Crippen MR) is 82.8 cm³/mol. The van der Waals surface area contributed by atoms with Crippen LogP contribution in [0.3, 0.4) is 0 Å². The average molecular weight is 275 g/mol. The van der Waals surface area contributed by atoms with Crippen molar-refractivity contribution in [3.63, 3.8) is 0 Å². The molecule has 3 N–H and O–H groups in total. The van der Waals surface area contributed by atoms with Crippen molar-refractivity contribution in [2.45, 2.75) is 27.2 Å². The van der Waals surface area contributed by atoms with Gasteiger partial charge in [0.25, 0.3) is 0 Å². The Morgan fingerprint density at radius 2 is 2.00 bits per heavy atom. The van der Waals surface area contributed by atoms with Gasteiger partial charge in [0, 0.05) is 12.2 Å². The van der Waals surface area contributed by atoms with E-state index in [4.69, 9.17) is 5.73 Å². The highest BCUT2D eigenvalue weighted by atomic mass is 16.2. The number of nitrogens with two attached hydrogens (primary N) is 1. The van der Waals surface area contributed by atoms with E-state index in [2.05, 4.69) is 23.2 Å². The molecule has 1 aromatic rings. The molecular formula is C16H25N3O. The molecule has 1 heterocycles. The van der Waals surface area contributed by atoms with Gasteiger partial charge in [-0.15, -0.1) is 0 Å². The van der Waals surface area contributed by atoms with Crippen molar-refractivity contribution >= 4 is 11.6 Å². The third-order valence-corrected chi connectivity index (χ3v) is 4.00. The zero-order valence-corrected chi connectivity index (χ0v) is 12.7. The normalized spacial score (nSPS) is 23.0. The van der Waals surface area contributed by atoms with Gasteiger partial charge >= 0.3 is 0 Å². The van der Waals surface area contributed by atoms with Crippen LogP contribution in [0.5, 0.6) is 0 Å². The minimum atomic E-state index is 0.0521. The van der Waals surface area contributed by atoms with Gasteiger partial charge in [-0.05, 0) is 62.0 Å². The molecule has 1 atom stereocenters. The van der Waals surface area contributed by atoms with Crippen molar-refractivity contribution in [2.75, 3.05) is 31.5 Å². The lowest BCUT2D eigenvalue weighted by molar-refractivity contribution is -0.117. The summed E-state index contributed by atoms with van der Waals surface area (Å²) in [6.07, 6.45) is 1.07. The molecule has 1 aliphatic rings. The molecule has 4 nitrogen and oxygen atoms in total. The third kappa shape index (κ3) is 3.81. The lowest BCUT2D eigenvalue weighted by atomic mass is 9.90. The highest BCUT2D eigenvalue weighted by molar-refractivity contribution is 5.92. The van der Waals surface area contributed by atoms with Crippen LogP contribution in [-0.2, 0) is 4.79 Å². The Kier molecular flexibility index (Phi) is 4.45. The maximum atomic E-state index is 12.1. The second-order valence-corrected chi connectivity index (χ2v) is 6.40. The molecule has 2 rings (SSSR count). The second-order valence-electron chi connectivity index (χ2n) is 6.40. The van der Waals surface area contributed by atoms with Crippen LogP contribution in [0.2, 0.25) is 0 Å². The number of nitrogens with one attached hydrogen (secondary N) is 1. The minimum Gasteiger partial charge on any atom is -0.330 e. The van der Waals surface area contributed by atoms with Crippen LogP contribution in [0, 0.1) is 19.3 Å². The highest BCUT2D eigenvalue weighted by Gasteiger charge is 2.33. The molecule has 1 aliphatic heterocycles.